The van der Waals surface area contributed by atoms with Crippen LogP contribution >= 0.6 is 11.3 Å². The maximum atomic E-state index is 12.3. The molecule has 6 heteroatoms. The number of phenolic OH excluding ortho intramolecular Hbond substituents is 1. The number of benzene rings is 1. The predicted octanol–water partition coefficient (Wildman–Crippen LogP) is 3.10. The lowest BCUT2D eigenvalue weighted by molar-refractivity contribution is -0.134. The summed E-state index contributed by atoms with van der Waals surface area (Å²) in [6.45, 7) is 5.64. The lowest BCUT2D eigenvalue weighted by Gasteiger charge is -2.28. The van der Waals surface area contributed by atoms with Gasteiger partial charge in [-0.3, -0.25) is 9.69 Å². The third-order valence-electron chi connectivity index (χ3n) is 4.52. The summed E-state index contributed by atoms with van der Waals surface area (Å²) >= 11 is 1.70. The molecule has 0 spiro atoms. The first-order valence-electron chi connectivity index (χ1n) is 8.37. The Labute approximate surface area is 152 Å². The number of likely N-dealkylation sites (N-methyl/N-ethyl adjacent to an activating group) is 1. The Kier molecular flexibility index (Phi) is 5.01. The average molecular weight is 360 g/mol. The SMILES string of the molecule is Cc1ccc(-c2cc(O)c3c(c2)CN([C@@H](C)C(=O)N(C)C)CCO3)s1. The first-order chi connectivity index (χ1) is 11.9. The highest BCUT2D eigenvalue weighted by molar-refractivity contribution is 7.15. The van der Waals surface area contributed by atoms with Gasteiger partial charge in [-0.05, 0) is 43.7 Å². The number of hydrogen-bond donors (Lipinski definition) is 1. The smallest absolute Gasteiger partial charge is 0.239 e. The van der Waals surface area contributed by atoms with Gasteiger partial charge in [0, 0.05) is 42.5 Å². The van der Waals surface area contributed by atoms with Crippen molar-refractivity contribution in [3.8, 4) is 21.9 Å². The topological polar surface area (TPSA) is 53.0 Å². The van der Waals surface area contributed by atoms with E-state index in [1.165, 1.54) is 4.88 Å². The molecular weight excluding hydrogens is 336 g/mol. The molecule has 2 aromatic rings. The lowest BCUT2D eigenvalue weighted by Crippen LogP contribution is -2.45. The second-order valence-electron chi connectivity index (χ2n) is 6.62. The number of thiophene rings is 1. The van der Waals surface area contributed by atoms with Crippen LogP contribution in [0.25, 0.3) is 10.4 Å². The molecule has 0 saturated carbocycles. The van der Waals surface area contributed by atoms with Gasteiger partial charge in [-0.25, -0.2) is 0 Å². The van der Waals surface area contributed by atoms with Crippen molar-refractivity contribution in [2.75, 3.05) is 27.2 Å². The van der Waals surface area contributed by atoms with Crippen LogP contribution in [-0.4, -0.2) is 54.1 Å². The molecule has 0 radical (unpaired) electrons. The van der Waals surface area contributed by atoms with Gasteiger partial charge in [0.2, 0.25) is 5.91 Å². The lowest BCUT2D eigenvalue weighted by atomic mass is 10.1. The zero-order valence-electron chi connectivity index (χ0n) is 15.1. The maximum Gasteiger partial charge on any atom is 0.239 e. The van der Waals surface area contributed by atoms with Gasteiger partial charge in [0.25, 0.3) is 0 Å². The second-order valence-corrected chi connectivity index (χ2v) is 7.91. The van der Waals surface area contributed by atoms with Crippen LogP contribution in [0.3, 0.4) is 0 Å². The highest BCUT2D eigenvalue weighted by Crippen LogP contribution is 2.39. The number of rotatable bonds is 3. The van der Waals surface area contributed by atoms with E-state index in [1.54, 1.807) is 36.4 Å². The molecule has 1 N–H and O–H groups in total. The van der Waals surface area contributed by atoms with Crippen molar-refractivity contribution in [2.24, 2.45) is 0 Å². The minimum absolute atomic E-state index is 0.0673. The van der Waals surface area contributed by atoms with Crippen molar-refractivity contribution in [3.05, 3.63) is 34.7 Å². The van der Waals surface area contributed by atoms with Crippen molar-refractivity contribution < 1.29 is 14.6 Å². The largest absolute Gasteiger partial charge is 0.504 e. The van der Waals surface area contributed by atoms with Crippen molar-refractivity contribution in [3.63, 3.8) is 0 Å². The number of hydrogen-bond acceptors (Lipinski definition) is 5. The molecule has 1 aromatic carbocycles. The monoisotopic (exact) mass is 360 g/mol. The summed E-state index contributed by atoms with van der Waals surface area (Å²) in [7, 11) is 3.54. The van der Waals surface area contributed by atoms with Gasteiger partial charge in [-0.15, -0.1) is 11.3 Å². The van der Waals surface area contributed by atoms with Crippen LogP contribution in [0.2, 0.25) is 0 Å². The number of carbonyl (C=O) groups is 1. The van der Waals surface area contributed by atoms with Crippen molar-refractivity contribution in [1.29, 1.82) is 0 Å². The van der Waals surface area contributed by atoms with E-state index in [4.69, 9.17) is 4.74 Å². The summed E-state index contributed by atoms with van der Waals surface area (Å²) in [5.74, 6) is 0.758. The molecule has 134 valence electrons. The van der Waals surface area contributed by atoms with Crippen LogP contribution in [0.5, 0.6) is 11.5 Å². The Morgan fingerprint density at radius 2 is 2.12 bits per heavy atom. The fourth-order valence-corrected chi connectivity index (χ4v) is 3.97. The molecule has 1 atom stereocenters. The van der Waals surface area contributed by atoms with Gasteiger partial charge in [0.15, 0.2) is 11.5 Å². The quantitative estimate of drug-likeness (QED) is 0.914. The van der Waals surface area contributed by atoms with Crippen LogP contribution in [0.4, 0.5) is 0 Å². The van der Waals surface area contributed by atoms with Crippen molar-refractivity contribution in [2.45, 2.75) is 26.4 Å². The van der Waals surface area contributed by atoms with Gasteiger partial charge in [0.1, 0.15) is 6.61 Å². The standard InChI is InChI=1S/C19H24N2O3S/c1-12-5-6-17(25-12)14-9-15-11-21(13(2)19(23)20(3)4)7-8-24-18(15)16(22)10-14/h5-6,9-10,13,22H,7-8,11H2,1-4H3/t13-/m0/s1. The number of fused-ring (bicyclic) bond motifs is 1. The summed E-state index contributed by atoms with van der Waals surface area (Å²) in [4.78, 5) is 18.4. The van der Waals surface area contributed by atoms with E-state index < -0.39 is 0 Å². The number of amides is 1. The summed E-state index contributed by atoms with van der Waals surface area (Å²) in [6.07, 6.45) is 0. The minimum Gasteiger partial charge on any atom is -0.504 e. The minimum atomic E-state index is -0.237. The van der Waals surface area contributed by atoms with Gasteiger partial charge in [-0.2, -0.15) is 0 Å². The van der Waals surface area contributed by atoms with E-state index in [1.807, 2.05) is 6.92 Å². The van der Waals surface area contributed by atoms with Crippen LogP contribution in [0, 0.1) is 6.92 Å². The molecule has 2 heterocycles. The van der Waals surface area contributed by atoms with Crippen molar-refractivity contribution in [1.82, 2.24) is 9.80 Å². The zero-order chi connectivity index (χ0) is 18.1. The van der Waals surface area contributed by atoms with Gasteiger partial charge in [-0.1, -0.05) is 0 Å². The third kappa shape index (κ3) is 3.65. The number of ether oxygens (including phenoxy) is 1. The molecule has 1 amide bonds. The molecule has 1 aliphatic heterocycles. The molecule has 0 saturated heterocycles. The molecule has 0 unspecified atom stereocenters. The Morgan fingerprint density at radius 1 is 1.36 bits per heavy atom. The number of carbonyl (C=O) groups excluding carboxylic acids is 1. The molecule has 3 rings (SSSR count). The van der Waals surface area contributed by atoms with Gasteiger partial charge in [0.05, 0.1) is 6.04 Å². The fourth-order valence-electron chi connectivity index (χ4n) is 3.11. The molecule has 25 heavy (non-hydrogen) atoms. The summed E-state index contributed by atoms with van der Waals surface area (Å²) in [6, 6.07) is 7.72. The Balaban J connectivity index is 1.94. The number of aryl methyl sites for hydroxylation is 1. The summed E-state index contributed by atoms with van der Waals surface area (Å²) in [5.41, 5.74) is 1.89. The fraction of sp³-hybridized carbons (Fsp3) is 0.421. The molecular formula is C19H24N2O3S. The molecule has 1 aliphatic rings. The van der Waals surface area contributed by atoms with E-state index in [0.29, 0.717) is 25.4 Å². The summed E-state index contributed by atoms with van der Waals surface area (Å²) in [5, 5.41) is 10.4. The normalized spacial score (nSPS) is 15.8. The number of nitrogens with zero attached hydrogens (tertiary/aromatic N) is 2. The molecule has 5 nitrogen and oxygen atoms in total. The van der Waals surface area contributed by atoms with E-state index in [2.05, 4.69) is 30.0 Å². The predicted molar refractivity (Wildman–Crippen MR) is 100 cm³/mol. The first-order valence-corrected chi connectivity index (χ1v) is 9.19. The highest BCUT2D eigenvalue weighted by atomic mass is 32.1. The van der Waals surface area contributed by atoms with E-state index in [9.17, 15) is 9.90 Å². The second kappa shape index (κ2) is 7.06. The first kappa shape index (κ1) is 17.8. The number of aromatic hydroxyl groups is 1. The van der Waals surface area contributed by atoms with E-state index in [-0.39, 0.29) is 17.7 Å². The Hall–Kier alpha value is -2.05. The van der Waals surface area contributed by atoms with Crippen LogP contribution in [0.1, 0.15) is 17.4 Å². The van der Waals surface area contributed by atoms with Crippen LogP contribution in [-0.2, 0) is 11.3 Å². The maximum absolute atomic E-state index is 12.3. The van der Waals surface area contributed by atoms with Gasteiger partial charge >= 0.3 is 0 Å². The highest BCUT2D eigenvalue weighted by Gasteiger charge is 2.27. The van der Waals surface area contributed by atoms with Gasteiger partial charge < -0.3 is 14.7 Å². The average Bonchev–Trinajstić information content (AvgIpc) is 2.88. The summed E-state index contributed by atoms with van der Waals surface area (Å²) < 4.78 is 5.78. The van der Waals surface area contributed by atoms with E-state index in [0.717, 1.165) is 16.0 Å². The molecule has 1 aromatic heterocycles. The Bertz CT molecular complexity index is 785. The molecule has 0 bridgehead atoms. The zero-order valence-corrected chi connectivity index (χ0v) is 15.9. The third-order valence-corrected chi connectivity index (χ3v) is 5.57. The number of phenols is 1. The van der Waals surface area contributed by atoms with Crippen LogP contribution < -0.4 is 4.74 Å². The Morgan fingerprint density at radius 3 is 2.76 bits per heavy atom. The molecule has 0 fully saturated rings. The van der Waals surface area contributed by atoms with Crippen molar-refractivity contribution >= 4 is 17.2 Å². The van der Waals surface area contributed by atoms with E-state index >= 15 is 0 Å². The molecule has 0 aliphatic carbocycles. The van der Waals surface area contributed by atoms with Crippen LogP contribution in [0.15, 0.2) is 24.3 Å².